The number of carbonyl (C=O) groups is 2. The Morgan fingerprint density at radius 3 is 2.00 bits per heavy atom. The SMILES string of the molecule is CC(=O)CCOC(=O)C(C)(C)C(F)(F)F. The van der Waals surface area contributed by atoms with Gasteiger partial charge in [0.05, 0.1) is 6.61 Å². The van der Waals surface area contributed by atoms with E-state index in [0.717, 1.165) is 13.8 Å². The molecule has 0 aliphatic carbocycles. The molecule has 0 spiro atoms. The van der Waals surface area contributed by atoms with Gasteiger partial charge in [-0.2, -0.15) is 13.2 Å². The first-order valence-corrected chi connectivity index (χ1v) is 4.32. The van der Waals surface area contributed by atoms with Crippen molar-refractivity contribution >= 4 is 11.8 Å². The molecule has 0 aromatic carbocycles. The topological polar surface area (TPSA) is 43.4 Å². The summed E-state index contributed by atoms with van der Waals surface area (Å²) in [4.78, 5) is 21.5. The zero-order chi connectivity index (χ0) is 12.3. The number of rotatable bonds is 4. The summed E-state index contributed by atoms with van der Waals surface area (Å²) in [6, 6.07) is 0. The number of ketones is 1. The van der Waals surface area contributed by atoms with E-state index in [1.54, 1.807) is 0 Å². The Hall–Kier alpha value is -1.07. The van der Waals surface area contributed by atoms with Crippen LogP contribution in [0.5, 0.6) is 0 Å². The van der Waals surface area contributed by atoms with Crippen LogP contribution in [0.4, 0.5) is 13.2 Å². The van der Waals surface area contributed by atoms with Crippen molar-refractivity contribution in [3.63, 3.8) is 0 Å². The highest BCUT2D eigenvalue weighted by atomic mass is 19.4. The molecule has 0 aliphatic heterocycles. The van der Waals surface area contributed by atoms with Crippen molar-refractivity contribution in [3.05, 3.63) is 0 Å². The second-order valence-corrected chi connectivity index (χ2v) is 3.71. The molecule has 15 heavy (non-hydrogen) atoms. The van der Waals surface area contributed by atoms with Gasteiger partial charge in [0.15, 0.2) is 5.41 Å². The Morgan fingerprint density at radius 2 is 1.67 bits per heavy atom. The van der Waals surface area contributed by atoms with E-state index in [4.69, 9.17) is 0 Å². The molecule has 0 fully saturated rings. The molecule has 0 unspecified atom stereocenters. The molecule has 0 radical (unpaired) electrons. The summed E-state index contributed by atoms with van der Waals surface area (Å²) in [5.41, 5.74) is -2.54. The van der Waals surface area contributed by atoms with Crippen LogP contribution in [0.25, 0.3) is 0 Å². The lowest BCUT2D eigenvalue weighted by molar-refractivity contribution is -0.224. The molecule has 3 nitrogen and oxygen atoms in total. The molecule has 0 saturated heterocycles. The van der Waals surface area contributed by atoms with Crippen LogP contribution in [0, 0.1) is 5.41 Å². The first-order chi connectivity index (χ1) is 6.59. The zero-order valence-electron chi connectivity index (χ0n) is 8.77. The molecule has 0 N–H and O–H groups in total. The normalized spacial score (nSPS) is 12.4. The average molecular weight is 226 g/mol. The minimum atomic E-state index is -4.65. The molecular weight excluding hydrogens is 213 g/mol. The fourth-order valence-electron chi connectivity index (χ4n) is 0.584. The number of ether oxygens (including phenoxy) is 1. The second-order valence-electron chi connectivity index (χ2n) is 3.71. The number of alkyl halides is 3. The highest BCUT2D eigenvalue weighted by molar-refractivity contribution is 5.78. The van der Waals surface area contributed by atoms with Crippen LogP contribution in [0.15, 0.2) is 0 Å². The van der Waals surface area contributed by atoms with Gasteiger partial charge < -0.3 is 4.74 Å². The molecule has 0 heterocycles. The zero-order valence-corrected chi connectivity index (χ0v) is 8.77. The van der Waals surface area contributed by atoms with Gasteiger partial charge in [-0.1, -0.05) is 0 Å². The lowest BCUT2D eigenvalue weighted by Gasteiger charge is -2.25. The van der Waals surface area contributed by atoms with Crippen molar-refractivity contribution in [3.8, 4) is 0 Å². The average Bonchev–Trinajstić information content (AvgIpc) is 2.01. The van der Waals surface area contributed by atoms with E-state index in [2.05, 4.69) is 4.74 Å². The number of hydrogen-bond donors (Lipinski definition) is 0. The number of halogens is 3. The summed E-state index contributed by atoms with van der Waals surface area (Å²) >= 11 is 0. The van der Waals surface area contributed by atoms with Crippen LogP contribution in [0.2, 0.25) is 0 Å². The third kappa shape index (κ3) is 3.89. The van der Waals surface area contributed by atoms with Crippen molar-refractivity contribution < 1.29 is 27.5 Å². The fraction of sp³-hybridized carbons (Fsp3) is 0.778. The predicted octanol–water partition coefficient (Wildman–Crippen LogP) is 2.10. The monoisotopic (exact) mass is 226 g/mol. The number of carbonyl (C=O) groups excluding carboxylic acids is 2. The minimum absolute atomic E-state index is 0.0698. The first-order valence-electron chi connectivity index (χ1n) is 4.32. The number of esters is 1. The van der Waals surface area contributed by atoms with Crippen molar-refractivity contribution in [2.24, 2.45) is 5.41 Å². The number of Topliss-reactive ketones (excluding diaryl/α,β-unsaturated/α-hetero) is 1. The summed E-state index contributed by atoms with van der Waals surface area (Å²) in [7, 11) is 0. The van der Waals surface area contributed by atoms with Crippen molar-refractivity contribution in [2.45, 2.75) is 33.4 Å². The third-order valence-electron chi connectivity index (χ3n) is 1.91. The maximum Gasteiger partial charge on any atom is 0.404 e. The largest absolute Gasteiger partial charge is 0.465 e. The van der Waals surface area contributed by atoms with Gasteiger partial charge in [-0.25, -0.2) is 0 Å². The minimum Gasteiger partial charge on any atom is -0.465 e. The molecule has 0 rings (SSSR count). The van der Waals surface area contributed by atoms with Crippen LogP contribution in [-0.2, 0) is 14.3 Å². The predicted molar refractivity (Wildman–Crippen MR) is 46.1 cm³/mol. The van der Waals surface area contributed by atoms with Gasteiger partial charge in [-0.3, -0.25) is 9.59 Å². The van der Waals surface area contributed by atoms with Crippen LogP contribution in [0.3, 0.4) is 0 Å². The smallest absolute Gasteiger partial charge is 0.404 e. The molecule has 0 aliphatic rings. The standard InChI is InChI=1S/C9H13F3O3/c1-6(13)4-5-15-7(14)8(2,3)9(10,11)12/h4-5H2,1-3H3. The van der Waals surface area contributed by atoms with E-state index in [9.17, 15) is 22.8 Å². The van der Waals surface area contributed by atoms with Gasteiger partial charge in [0.2, 0.25) is 0 Å². The molecule has 0 saturated carbocycles. The van der Waals surface area contributed by atoms with Crippen LogP contribution < -0.4 is 0 Å². The van der Waals surface area contributed by atoms with Gasteiger partial charge >= 0.3 is 12.1 Å². The molecule has 88 valence electrons. The summed E-state index contributed by atoms with van der Waals surface area (Å²) in [6.07, 6.45) is -4.72. The van der Waals surface area contributed by atoms with E-state index in [1.165, 1.54) is 6.92 Å². The van der Waals surface area contributed by atoms with Crippen LogP contribution >= 0.6 is 0 Å². The Labute approximate surface area is 85.6 Å². The van der Waals surface area contributed by atoms with E-state index in [0.29, 0.717) is 0 Å². The summed E-state index contributed by atoms with van der Waals surface area (Å²) in [6.45, 7) is 2.43. The Morgan fingerprint density at radius 1 is 1.20 bits per heavy atom. The molecule has 0 bridgehead atoms. The molecular formula is C9H13F3O3. The molecule has 0 aromatic rings. The van der Waals surface area contributed by atoms with Gasteiger partial charge in [0, 0.05) is 6.42 Å². The van der Waals surface area contributed by atoms with Gasteiger partial charge in [-0.15, -0.1) is 0 Å². The summed E-state index contributed by atoms with van der Waals surface area (Å²) in [5, 5.41) is 0. The lowest BCUT2D eigenvalue weighted by Crippen LogP contribution is -2.41. The van der Waals surface area contributed by atoms with Gasteiger partial charge in [0.1, 0.15) is 5.78 Å². The lowest BCUT2D eigenvalue weighted by atomic mass is 9.93. The Balaban J connectivity index is 4.27. The first kappa shape index (κ1) is 13.9. The maximum absolute atomic E-state index is 12.3. The van der Waals surface area contributed by atoms with Crippen LogP contribution in [0.1, 0.15) is 27.2 Å². The highest BCUT2D eigenvalue weighted by Gasteiger charge is 2.54. The van der Waals surface area contributed by atoms with Gasteiger partial charge in [-0.05, 0) is 20.8 Å². The van der Waals surface area contributed by atoms with Crippen molar-refractivity contribution in [1.29, 1.82) is 0 Å². The Bertz CT molecular complexity index is 256. The van der Waals surface area contributed by atoms with E-state index in [1.807, 2.05) is 0 Å². The second kappa shape index (κ2) is 4.63. The third-order valence-corrected chi connectivity index (χ3v) is 1.91. The maximum atomic E-state index is 12.3. The molecule has 6 heteroatoms. The van der Waals surface area contributed by atoms with Crippen molar-refractivity contribution in [2.75, 3.05) is 6.61 Å². The quantitative estimate of drug-likeness (QED) is 0.689. The highest BCUT2D eigenvalue weighted by Crippen LogP contribution is 2.38. The van der Waals surface area contributed by atoms with Crippen molar-refractivity contribution in [1.82, 2.24) is 0 Å². The summed E-state index contributed by atoms with van der Waals surface area (Å²) in [5.74, 6) is -1.61. The van der Waals surface area contributed by atoms with E-state index < -0.39 is 17.6 Å². The van der Waals surface area contributed by atoms with E-state index in [-0.39, 0.29) is 18.8 Å². The fourth-order valence-corrected chi connectivity index (χ4v) is 0.584. The van der Waals surface area contributed by atoms with Gasteiger partial charge in [0.25, 0.3) is 0 Å². The Kier molecular flexibility index (Phi) is 4.30. The van der Waals surface area contributed by atoms with E-state index >= 15 is 0 Å². The number of hydrogen-bond acceptors (Lipinski definition) is 3. The summed E-state index contributed by atoms with van der Waals surface area (Å²) < 4.78 is 41.3. The molecule has 0 atom stereocenters. The van der Waals surface area contributed by atoms with Crippen LogP contribution in [-0.4, -0.2) is 24.5 Å². The molecule has 0 amide bonds. The molecule has 0 aromatic heterocycles.